The molecule has 1 fully saturated rings. The number of nitrogens with one attached hydrogen (secondary N) is 2. The SMILES string of the molecule is CC(C)[C@@H]1OC(=O)C(C)(C)/C=C/c2cc3nc(ccc3cn2)[C@@H](C)NC(=O)[C@@H]2CCCN(N2)C(=O)[C@H](C)CC1=O. The van der Waals surface area contributed by atoms with Crippen molar-refractivity contribution in [1.82, 2.24) is 25.7 Å². The molecule has 0 aromatic carbocycles. The molecule has 10 heteroatoms. The fraction of sp³-hybridized carbons (Fsp3) is 0.533. The largest absolute Gasteiger partial charge is 0.453 e. The van der Waals surface area contributed by atoms with Crippen LogP contribution in [-0.2, 0) is 23.9 Å². The topological polar surface area (TPSA) is 131 Å². The molecule has 10 nitrogen and oxygen atoms in total. The van der Waals surface area contributed by atoms with Gasteiger partial charge in [-0.15, -0.1) is 0 Å². The van der Waals surface area contributed by atoms with Crippen LogP contribution in [-0.4, -0.2) is 57.2 Å². The predicted octanol–water partition coefficient (Wildman–Crippen LogP) is 3.52. The first-order valence-corrected chi connectivity index (χ1v) is 13.9. The second-order valence-electron chi connectivity index (χ2n) is 11.8. The Balaban J connectivity index is 1.70. The molecule has 2 aromatic heterocycles. The van der Waals surface area contributed by atoms with E-state index in [4.69, 9.17) is 9.72 Å². The Morgan fingerprint density at radius 3 is 2.60 bits per heavy atom. The van der Waals surface area contributed by atoms with Gasteiger partial charge in [-0.25, -0.2) is 5.43 Å². The number of ether oxygens (including phenoxy) is 1. The third-order valence-electron chi connectivity index (χ3n) is 7.47. The maximum absolute atomic E-state index is 13.3. The zero-order valence-electron chi connectivity index (χ0n) is 24.1. The first-order chi connectivity index (χ1) is 18.9. The summed E-state index contributed by atoms with van der Waals surface area (Å²) in [4.78, 5) is 62.1. The average molecular weight is 550 g/mol. The second kappa shape index (κ2) is 11.8. The molecule has 0 spiro atoms. The summed E-state index contributed by atoms with van der Waals surface area (Å²) >= 11 is 0. The smallest absolute Gasteiger partial charge is 0.316 e. The van der Waals surface area contributed by atoms with Crippen LogP contribution < -0.4 is 10.7 Å². The number of fused-ring (bicyclic) bond motifs is 4. The van der Waals surface area contributed by atoms with Gasteiger partial charge in [0.2, 0.25) is 11.8 Å². The standard InChI is InChI=1S/C30H39N5O5/c1-17(2)26-25(36)14-18(3)28(38)35-13-7-8-23(34-35)27(37)32-19(4)22-10-9-20-16-31-21(15-24(20)33-22)11-12-30(5,6)29(39)40-26/h9-12,15-19,23,26,34H,7-8,13-14H2,1-6H3,(H,32,37)/b12-11+/t18-,19-,23+,26+/m1/s1. The van der Waals surface area contributed by atoms with Crippen molar-refractivity contribution in [1.29, 1.82) is 0 Å². The van der Waals surface area contributed by atoms with E-state index in [2.05, 4.69) is 15.7 Å². The van der Waals surface area contributed by atoms with E-state index in [0.29, 0.717) is 36.3 Å². The number of nitrogens with zero attached hydrogens (tertiary/aromatic N) is 3. The number of amides is 2. The fourth-order valence-corrected chi connectivity index (χ4v) is 4.88. The van der Waals surface area contributed by atoms with Crippen molar-refractivity contribution in [2.24, 2.45) is 17.3 Å². The molecule has 0 aliphatic carbocycles. The quantitative estimate of drug-likeness (QED) is 0.517. The number of Topliss-reactive ketones (excluding diaryl/α,β-unsaturated/α-hetero) is 1. The summed E-state index contributed by atoms with van der Waals surface area (Å²) in [6, 6.07) is 4.62. The van der Waals surface area contributed by atoms with Gasteiger partial charge >= 0.3 is 5.97 Å². The minimum atomic E-state index is -1.04. The Kier molecular flexibility index (Phi) is 8.68. The van der Waals surface area contributed by atoms with Crippen molar-refractivity contribution in [3.63, 3.8) is 0 Å². The van der Waals surface area contributed by atoms with E-state index in [1.165, 1.54) is 5.01 Å². The molecular weight excluding hydrogens is 510 g/mol. The number of cyclic esters (lactones) is 1. The summed E-state index contributed by atoms with van der Waals surface area (Å²) in [6.07, 6.45) is 5.29. The van der Waals surface area contributed by atoms with Crippen molar-refractivity contribution >= 4 is 40.5 Å². The third-order valence-corrected chi connectivity index (χ3v) is 7.47. The number of hydrogen-bond donors (Lipinski definition) is 2. The summed E-state index contributed by atoms with van der Waals surface area (Å²) in [5, 5.41) is 5.29. The fourth-order valence-electron chi connectivity index (χ4n) is 4.88. The number of hydrogen-bond acceptors (Lipinski definition) is 8. The van der Waals surface area contributed by atoms with Crippen LogP contribution in [0.25, 0.3) is 17.0 Å². The molecule has 0 unspecified atom stereocenters. The second-order valence-corrected chi connectivity index (χ2v) is 11.8. The highest BCUT2D eigenvalue weighted by Crippen LogP contribution is 2.26. The number of carbonyl (C=O) groups is 4. The highest BCUT2D eigenvalue weighted by atomic mass is 16.5. The summed E-state index contributed by atoms with van der Waals surface area (Å²) < 4.78 is 5.74. The summed E-state index contributed by atoms with van der Waals surface area (Å²) in [7, 11) is 0. The number of aromatic nitrogens is 2. The van der Waals surface area contributed by atoms with Gasteiger partial charge in [0.25, 0.3) is 0 Å². The van der Waals surface area contributed by atoms with Crippen LogP contribution in [0.15, 0.2) is 30.5 Å². The summed E-state index contributed by atoms with van der Waals surface area (Å²) in [6.45, 7) is 11.0. The van der Waals surface area contributed by atoms with Gasteiger partial charge in [0.05, 0.1) is 28.4 Å². The highest BCUT2D eigenvalue weighted by Gasteiger charge is 2.36. The third kappa shape index (κ3) is 6.55. The lowest BCUT2D eigenvalue weighted by Crippen LogP contribution is -2.58. The van der Waals surface area contributed by atoms with E-state index in [0.717, 1.165) is 5.39 Å². The molecule has 0 radical (unpaired) electrons. The van der Waals surface area contributed by atoms with Gasteiger partial charge in [-0.1, -0.05) is 26.8 Å². The predicted molar refractivity (Wildman–Crippen MR) is 150 cm³/mol. The molecule has 4 atom stereocenters. The van der Waals surface area contributed by atoms with Gasteiger partial charge < -0.3 is 10.1 Å². The number of esters is 1. The molecule has 2 N–H and O–H groups in total. The Morgan fingerprint density at radius 1 is 1.12 bits per heavy atom. The molecule has 4 heterocycles. The van der Waals surface area contributed by atoms with Gasteiger partial charge in [0.15, 0.2) is 11.9 Å². The molecule has 0 saturated carbocycles. The van der Waals surface area contributed by atoms with Gasteiger partial charge in [0, 0.05) is 30.5 Å². The van der Waals surface area contributed by atoms with Crippen LogP contribution in [0.2, 0.25) is 0 Å². The minimum Gasteiger partial charge on any atom is -0.453 e. The maximum atomic E-state index is 13.3. The lowest BCUT2D eigenvalue weighted by atomic mass is 9.91. The molecule has 1 saturated heterocycles. The minimum absolute atomic E-state index is 0.0808. The first-order valence-electron chi connectivity index (χ1n) is 13.9. The van der Waals surface area contributed by atoms with Crippen molar-refractivity contribution < 1.29 is 23.9 Å². The van der Waals surface area contributed by atoms with E-state index in [9.17, 15) is 19.2 Å². The highest BCUT2D eigenvalue weighted by molar-refractivity contribution is 5.91. The molecule has 40 heavy (non-hydrogen) atoms. The molecule has 2 amide bonds. The number of ketones is 1. The molecule has 2 aromatic rings. The molecule has 214 valence electrons. The van der Waals surface area contributed by atoms with Crippen LogP contribution in [0.4, 0.5) is 0 Å². The Bertz CT molecular complexity index is 1340. The molecule has 2 aliphatic heterocycles. The van der Waals surface area contributed by atoms with Gasteiger partial charge in [-0.2, -0.15) is 0 Å². The summed E-state index contributed by atoms with van der Waals surface area (Å²) in [5.74, 6) is -2.29. The maximum Gasteiger partial charge on any atom is 0.316 e. The van der Waals surface area contributed by atoms with Crippen LogP contribution in [0.1, 0.15) is 78.2 Å². The van der Waals surface area contributed by atoms with Gasteiger partial charge in [0.1, 0.15) is 6.04 Å². The number of carbonyl (C=O) groups excluding carboxylic acids is 4. The lowest BCUT2D eigenvalue weighted by Gasteiger charge is -2.35. The van der Waals surface area contributed by atoms with Gasteiger partial charge in [-0.3, -0.25) is 34.2 Å². The Morgan fingerprint density at radius 2 is 1.88 bits per heavy atom. The van der Waals surface area contributed by atoms with Crippen LogP contribution >= 0.6 is 0 Å². The van der Waals surface area contributed by atoms with Gasteiger partial charge in [-0.05, 0) is 63.8 Å². The van der Waals surface area contributed by atoms with E-state index < -0.39 is 29.4 Å². The van der Waals surface area contributed by atoms with Crippen LogP contribution in [0.3, 0.4) is 0 Å². The van der Waals surface area contributed by atoms with Crippen molar-refractivity contribution in [3.8, 4) is 0 Å². The first kappa shape index (κ1) is 29.3. The van der Waals surface area contributed by atoms with E-state index >= 15 is 0 Å². The Hall–Kier alpha value is -3.66. The van der Waals surface area contributed by atoms with E-state index in [1.54, 1.807) is 39.1 Å². The zero-order valence-corrected chi connectivity index (χ0v) is 24.1. The monoisotopic (exact) mass is 549 g/mol. The summed E-state index contributed by atoms with van der Waals surface area (Å²) in [5.41, 5.74) is 4.01. The number of hydrazine groups is 1. The Labute approximate surface area is 234 Å². The van der Waals surface area contributed by atoms with Crippen LogP contribution in [0.5, 0.6) is 0 Å². The molecule has 5 bridgehead atoms. The van der Waals surface area contributed by atoms with Crippen molar-refractivity contribution in [3.05, 3.63) is 41.9 Å². The zero-order chi connectivity index (χ0) is 29.2. The number of rotatable bonds is 1. The van der Waals surface area contributed by atoms with Crippen LogP contribution in [0, 0.1) is 17.3 Å². The molecule has 4 rings (SSSR count). The lowest BCUT2D eigenvalue weighted by molar-refractivity contribution is -0.164. The van der Waals surface area contributed by atoms with Crippen molar-refractivity contribution in [2.75, 3.05) is 6.54 Å². The average Bonchev–Trinajstić information content (AvgIpc) is 2.92. The number of pyridine rings is 2. The molecule has 2 aliphatic rings. The van der Waals surface area contributed by atoms with E-state index in [-0.39, 0.29) is 36.0 Å². The molecular formula is C30H39N5O5. The van der Waals surface area contributed by atoms with E-state index in [1.807, 2.05) is 39.0 Å². The normalized spacial score (nSPS) is 27.4. The van der Waals surface area contributed by atoms with Crippen molar-refractivity contribution in [2.45, 2.75) is 79.0 Å².